The molecule has 0 radical (unpaired) electrons. The molecule has 3 fully saturated rings. The lowest BCUT2D eigenvalue weighted by molar-refractivity contribution is -0.939. The van der Waals surface area contributed by atoms with Crippen molar-refractivity contribution < 1.29 is 19.1 Å². The van der Waals surface area contributed by atoms with Gasteiger partial charge in [0.15, 0.2) is 6.10 Å². The van der Waals surface area contributed by atoms with Gasteiger partial charge in [0.25, 0.3) is 0 Å². The normalized spacial score (nSPS) is 27.8. The van der Waals surface area contributed by atoms with Gasteiger partial charge >= 0.3 is 5.97 Å². The summed E-state index contributed by atoms with van der Waals surface area (Å²) in [5.41, 5.74) is -1.98. The molecule has 0 spiro atoms. The molecule has 136 valence electrons. The molecule has 3 aliphatic rings. The molecule has 2 aromatic rings. The van der Waals surface area contributed by atoms with Crippen LogP contribution in [0.15, 0.2) is 35.0 Å². The number of nitrogens with zero attached hydrogens (tertiary/aromatic N) is 1. The van der Waals surface area contributed by atoms with Gasteiger partial charge in [-0.15, -0.1) is 29.1 Å². The van der Waals surface area contributed by atoms with E-state index in [2.05, 4.69) is 5.92 Å². The van der Waals surface area contributed by atoms with Crippen LogP contribution in [0.4, 0.5) is 0 Å². The average Bonchev–Trinajstić information content (AvgIpc) is 3.36. The summed E-state index contributed by atoms with van der Waals surface area (Å²) in [7, 11) is 0. The predicted octanol–water partition coefficient (Wildman–Crippen LogP) is 2.20. The van der Waals surface area contributed by atoms with E-state index in [1.807, 2.05) is 10.8 Å². The maximum absolute atomic E-state index is 13.7. The fraction of sp³-hybridized carbons (Fsp3) is 0.450. The van der Waals surface area contributed by atoms with Crippen LogP contribution in [0, 0.1) is 18.3 Å². The maximum Gasteiger partial charge on any atom is 0.306 e. The van der Waals surface area contributed by atoms with E-state index in [9.17, 15) is 9.90 Å². The lowest BCUT2D eigenvalue weighted by atomic mass is 9.83. The van der Waals surface area contributed by atoms with Crippen LogP contribution < -0.4 is 5.11 Å². The van der Waals surface area contributed by atoms with Crippen molar-refractivity contribution in [2.24, 2.45) is 5.92 Å². The van der Waals surface area contributed by atoms with E-state index in [1.54, 1.807) is 24.3 Å². The first kappa shape index (κ1) is 17.7. The first-order valence-electron chi connectivity index (χ1n) is 8.85. The highest BCUT2D eigenvalue weighted by Crippen LogP contribution is 2.38. The standard InChI is InChI=1S/C20H21NO3S2/c1-2-9-21-10-7-15(8-11-21)16(14-21)24-19(22)20(23,17-5-3-12-25-17)18-6-4-13-26-18/h1,3-6,12-13,15-16H,7-11,14H2. The highest BCUT2D eigenvalue weighted by atomic mass is 32.1. The lowest BCUT2D eigenvalue weighted by Crippen LogP contribution is -2.65. The zero-order valence-corrected chi connectivity index (χ0v) is 16.1. The Morgan fingerprint density at radius 1 is 1.27 bits per heavy atom. The number of esters is 1. The number of hydrogen-bond acceptors (Lipinski definition) is 5. The van der Waals surface area contributed by atoms with Crippen LogP contribution in [0.25, 0.3) is 0 Å². The summed E-state index contributed by atoms with van der Waals surface area (Å²) in [4.78, 5) is 14.1. The van der Waals surface area contributed by atoms with Crippen LogP contribution in [0.3, 0.4) is 0 Å². The molecule has 1 atom stereocenters. The fourth-order valence-electron chi connectivity index (χ4n) is 4.27. The molecule has 2 aromatic heterocycles. The SMILES string of the molecule is C#CC[N+]12CCC(CC1)C(OC(=O)C([O-])(c1cccs1)c1cccs1)C2. The van der Waals surface area contributed by atoms with Gasteiger partial charge in [0.2, 0.25) is 0 Å². The molecule has 2 bridgehead atoms. The van der Waals surface area contributed by atoms with Gasteiger partial charge in [-0.05, 0) is 28.8 Å². The van der Waals surface area contributed by atoms with E-state index in [0.29, 0.717) is 22.2 Å². The van der Waals surface area contributed by atoms with E-state index < -0.39 is 11.6 Å². The smallest absolute Gasteiger partial charge is 0.306 e. The molecule has 6 heteroatoms. The summed E-state index contributed by atoms with van der Waals surface area (Å²) in [6, 6.07) is 7.05. The third-order valence-corrected chi connectivity index (χ3v) is 7.69. The minimum Gasteiger partial charge on any atom is -0.833 e. The van der Waals surface area contributed by atoms with E-state index in [-0.39, 0.29) is 6.10 Å². The summed E-state index contributed by atoms with van der Waals surface area (Å²) in [6.07, 6.45) is 7.35. The first-order chi connectivity index (χ1) is 12.6. The molecule has 26 heavy (non-hydrogen) atoms. The fourth-order valence-corrected chi connectivity index (χ4v) is 5.98. The van der Waals surface area contributed by atoms with E-state index in [4.69, 9.17) is 11.2 Å². The molecule has 0 aliphatic carbocycles. The summed E-state index contributed by atoms with van der Waals surface area (Å²) in [5, 5.41) is 17.4. The molecule has 0 saturated carbocycles. The van der Waals surface area contributed by atoms with Gasteiger partial charge in [-0.25, -0.2) is 0 Å². The second-order valence-corrected chi connectivity index (χ2v) is 9.15. The first-order valence-corrected chi connectivity index (χ1v) is 10.6. The van der Waals surface area contributed by atoms with E-state index >= 15 is 0 Å². The number of quaternary nitrogens is 1. The van der Waals surface area contributed by atoms with Crippen molar-refractivity contribution in [1.29, 1.82) is 0 Å². The number of hydrogen-bond donors (Lipinski definition) is 0. The van der Waals surface area contributed by atoms with Crippen LogP contribution in [0.1, 0.15) is 22.6 Å². The Morgan fingerprint density at radius 3 is 2.38 bits per heavy atom. The monoisotopic (exact) mass is 387 g/mol. The Morgan fingerprint density at radius 2 is 1.88 bits per heavy atom. The number of ether oxygens (including phenoxy) is 1. The third-order valence-electron chi connectivity index (χ3n) is 5.75. The van der Waals surface area contributed by atoms with E-state index in [1.165, 1.54) is 22.7 Å². The van der Waals surface area contributed by atoms with Crippen LogP contribution >= 0.6 is 22.7 Å². The molecule has 1 unspecified atom stereocenters. The molecular weight excluding hydrogens is 366 g/mol. The predicted molar refractivity (Wildman–Crippen MR) is 101 cm³/mol. The maximum atomic E-state index is 13.7. The Hall–Kier alpha value is -1.65. The quantitative estimate of drug-likeness (QED) is 0.449. The van der Waals surface area contributed by atoms with Gasteiger partial charge < -0.3 is 14.3 Å². The van der Waals surface area contributed by atoms with Crippen molar-refractivity contribution in [3.05, 3.63) is 44.8 Å². The van der Waals surface area contributed by atoms with Crippen molar-refractivity contribution >= 4 is 28.6 Å². The van der Waals surface area contributed by atoms with Gasteiger partial charge in [0.05, 0.1) is 18.7 Å². The zero-order chi connectivity index (χ0) is 18.2. The Bertz CT molecular complexity index is 764. The van der Waals surface area contributed by atoms with Gasteiger partial charge in [-0.2, -0.15) is 0 Å². The molecular formula is C20H21NO3S2. The van der Waals surface area contributed by atoms with Gasteiger partial charge in [0, 0.05) is 28.5 Å². The molecule has 5 heterocycles. The lowest BCUT2D eigenvalue weighted by Gasteiger charge is -2.51. The minimum absolute atomic E-state index is 0.216. The number of terminal acetylenes is 1. The largest absolute Gasteiger partial charge is 0.833 e. The number of carbonyl (C=O) groups excluding carboxylic acids is 1. The minimum atomic E-state index is -1.98. The van der Waals surface area contributed by atoms with Crippen LogP contribution in [-0.2, 0) is 15.1 Å². The Kier molecular flexibility index (Phi) is 4.66. The molecule has 3 aliphatic heterocycles. The topological polar surface area (TPSA) is 49.4 Å². The summed E-state index contributed by atoms with van der Waals surface area (Å²) < 4.78 is 6.70. The number of thiophene rings is 2. The molecule has 0 amide bonds. The number of piperidine rings is 3. The Labute approximate surface area is 161 Å². The zero-order valence-electron chi connectivity index (χ0n) is 14.4. The molecule has 5 rings (SSSR count). The van der Waals surface area contributed by atoms with Crippen molar-refractivity contribution in [2.75, 3.05) is 26.2 Å². The van der Waals surface area contributed by atoms with Gasteiger partial charge in [-0.3, -0.25) is 4.79 Å². The molecule has 0 aromatic carbocycles. The van der Waals surface area contributed by atoms with Crippen LogP contribution in [0.2, 0.25) is 0 Å². The summed E-state index contributed by atoms with van der Waals surface area (Å²) >= 11 is 2.61. The van der Waals surface area contributed by atoms with Gasteiger partial charge in [-0.1, -0.05) is 12.1 Å². The van der Waals surface area contributed by atoms with Crippen molar-refractivity contribution in [3.8, 4) is 12.3 Å². The highest BCUT2D eigenvalue weighted by molar-refractivity contribution is 7.12. The molecule has 4 nitrogen and oxygen atoms in total. The number of rotatable bonds is 5. The van der Waals surface area contributed by atoms with E-state index in [0.717, 1.165) is 37.0 Å². The summed E-state index contributed by atoms with van der Waals surface area (Å²) in [6.45, 7) is 3.48. The highest BCUT2D eigenvalue weighted by Gasteiger charge is 2.48. The van der Waals surface area contributed by atoms with Crippen LogP contribution in [-0.4, -0.2) is 42.7 Å². The average molecular weight is 388 g/mol. The molecule has 3 saturated heterocycles. The number of fused-ring (bicyclic) bond motifs is 3. The summed E-state index contributed by atoms with van der Waals surface area (Å²) in [5.74, 6) is 2.44. The second-order valence-electron chi connectivity index (χ2n) is 7.25. The number of carbonyl (C=O) groups is 1. The third kappa shape index (κ3) is 2.89. The van der Waals surface area contributed by atoms with Crippen molar-refractivity contribution in [2.45, 2.75) is 24.5 Å². The van der Waals surface area contributed by atoms with Gasteiger partial charge in [0.1, 0.15) is 13.1 Å². The van der Waals surface area contributed by atoms with Crippen molar-refractivity contribution in [1.82, 2.24) is 0 Å². The second kappa shape index (κ2) is 6.82. The Balaban J connectivity index is 1.59. The van der Waals surface area contributed by atoms with Crippen molar-refractivity contribution in [3.63, 3.8) is 0 Å². The van der Waals surface area contributed by atoms with Crippen LogP contribution in [0.5, 0.6) is 0 Å². The molecule has 0 N–H and O–H groups in total.